The Morgan fingerprint density at radius 1 is 1.32 bits per heavy atom. The van der Waals surface area contributed by atoms with Crippen molar-refractivity contribution in [1.82, 2.24) is 20.4 Å². The van der Waals surface area contributed by atoms with E-state index in [1.165, 1.54) is 23.5 Å². The number of benzene rings is 1. The topological polar surface area (TPSA) is 58.1 Å². The van der Waals surface area contributed by atoms with E-state index in [0.717, 1.165) is 15.6 Å². The number of amides is 1. The molecule has 0 saturated heterocycles. The van der Waals surface area contributed by atoms with Crippen LogP contribution in [0.25, 0.3) is 0 Å². The quantitative estimate of drug-likeness (QED) is 0.883. The largest absolute Gasteiger partial charge is 0.354 e. The highest BCUT2D eigenvalue weighted by Crippen LogP contribution is 2.19. The summed E-state index contributed by atoms with van der Waals surface area (Å²) in [5.74, 6) is -0.425. The van der Waals surface area contributed by atoms with Gasteiger partial charge in [-0.25, -0.2) is 4.39 Å². The number of rotatable bonds is 6. The fraction of sp³-hybridized carbons (Fsp3) is 0.400. The predicted octanol–water partition coefficient (Wildman–Crippen LogP) is 1.95. The fourth-order valence-electron chi connectivity index (χ4n) is 2.16. The molecule has 1 atom stereocenters. The molecule has 1 heterocycles. The monoisotopic (exact) mass is 322 g/mol. The maximum absolute atomic E-state index is 13.0. The molecule has 0 aliphatic heterocycles. The number of hydrogen-bond donors (Lipinski definition) is 1. The van der Waals surface area contributed by atoms with Crippen molar-refractivity contribution >= 4 is 17.2 Å². The number of nitrogens with zero attached hydrogens (tertiary/aromatic N) is 3. The smallest absolute Gasteiger partial charge is 0.241 e. The van der Waals surface area contributed by atoms with Gasteiger partial charge in [-0.2, -0.15) is 0 Å². The number of hydrogen-bond acceptors (Lipinski definition) is 5. The second-order valence-electron chi connectivity index (χ2n) is 5.17. The van der Waals surface area contributed by atoms with Gasteiger partial charge in [0.15, 0.2) is 0 Å². The molecule has 2 rings (SSSR count). The number of aryl methyl sites for hydroxylation is 1. The third kappa shape index (κ3) is 4.32. The second kappa shape index (κ2) is 7.42. The molecule has 1 unspecified atom stereocenters. The third-order valence-corrected chi connectivity index (χ3v) is 4.05. The summed E-state index contributed by atoms with van der Waals surface area (Å²) in [5, 5.41) is 12.7. The maximum Gasteiger partial charge on any atom is 0.241 e. The van der Waals surface area contributed by atoms with Crippen LogP contribution in [-0.4, -0.2) is 41.6 Å². The molecule has 22 heavy (non-hydrogen) atoms. The molecule has 1 aromatic heterocycles. The van der Waals surface area contributed by atoms with Gasteiger partial charge in [0.1, 0.15) is 21.9 Å². The molecule has 2 aromatic rings. The van der Waals surface area contributed by atoms with Crippen LogP contribution in [0.3, 0.4) is 0 Å². The first-order valence-electron chi connectivity index (χ1n) is 6.96. The Morgan fingerprint density at radius 3 is 2.55 bits per heavy atom. The number of nitrogens with one attached hydrogen (secondary N) is 1. The number of aromatic nitrogens is 2. The van der Waals surface area contributed by atoms with E-state index < -0.39 is 6.04 Å². The Bertz CT molecular complexity index is 627. The number of carbonyl (C=O) groups is 1. The molecular weight excluding hydrogens is 303 g/mol. The summed E-state index contributed by atoms with van der Waals surface area (Å²) in [4.78, 5) is 14.2. The van der Waals surface area contributed by atoms with Crippen molar-refractivity contribution in [2.75, 3.05) is 20.6 Å². The third-order valence-electron chi connectivity index (χ3n) is 3.16. The highest BCUT2D eigenvalue weighted by atomic mass is 32.1. The predicted molar refractivity (Wildman–Crippen MR) is 84.2 cm³/mol. The molecular formula is C15H19FN4OS. The van der Waals surface area contributed by atoms with Gasteiger partial charge in [-0.15, -0.1) is 21.5 Å². The van der Waals surface area contributed by atoms with Crippen LogP contribution in [0.5, 0.6) is 0 Å². The van der Waals surface area contributed by atoms with Gasteiger partial charge in [0.05, 0.1) is 0 Å². The lowest BCUT2D eigenvalue weighted by Gasteiger charge is -2.23. The van der Waals surface area contributed by atoms with Crippen LogP contribution in [0.2, 0.25) is 0 Å². The van der Waals surface area contributed by atoms with Crippen LogP contribution in [0.15, 0.2) is 24.3 Å². The molecule has 1 aromatic carbocycles. The lowest BCUT2D eigenvalue weighted by Crippen LogP contribution is -2.37. The van der Waals surface area contributed by atoms with Gasteiger partial charge >= 0.3 is 0 Å². The Balaban J connectivity index is 1.96. The standard InChI is InChI=1S/C15H19FN4OS/c1-10-18-19-13(22-10)8-9-17-15(21)14(20(2)3)11-4-6-12(16)7-5-11/h4-7,14H,8-9H2,1-3H3,(H,17,21). The average molecular weight is 322 g/mol. The number of carbonyl (C=O) groups excluding carboxylic acids is 1. The van der Waals surface area contributed by atoms with Gasteiger partial charge in [-0.05, 0) is 38.7 Å². The molecule has 118 valence electrons. The summed E-state index contributed by atoms with van der Waals surface area (Å²) in [5.41, 5.74) is 0.760. The van der Waals surface area contributed by atoms with E-state index in [9.17, 15) is 9.18 Å². The van der Waals surface area contributed by atoms with E-state index in [2.05, 4.69) is 15.5 Å². The van der Waals surface area contributed by atoms with Crippen molar-refractivity contribution in [1.29, 1.82) is 0 Å². The molecule has 1 N–H and O–H groups in total. The summed E-state index contributed by atoms with van der Waals surface area (Å²) in [6, 6.07) is 5.55. The zero-order chi connectivity index (χ0) is 16.1. The van der Waals surface area contributed by atoms with Crippen LogP contribution >= 0.6 is 11.3 Å². The van der Waals surface area contributed by atoms with Crippen LogP contribution in [0.1, 0.15) is 21.6 Å². The van der Waals surface area contributed by atoms with Gasteiger partial charge in [0, 0.05) is 13.0 Å². The molecule has 0 spiro atoms. The van der Waals surface area contributed by atoms with Crippen molar-refractivity contribution in [3.8, 4) is 0 Å². The first-order chi connectivity index (χ1) is 10.5. The minimum absolute atomic E-state index is 0.113. The number of halogens is 1. The van der Waals surface area contributed by atoms with E-state index in [-0.39, 0.29) is 11.7 Å². The molecule has 0 radical (unpaired) electrons. The fourth-order valence-corrected chi connectivity index (χ4v) is 2.87. The molecule has 0 fully saturated rings. The summed E-state index contributed by atoms with van der Waals surface area (Å²) in [7, 11) is 3.64. The van der Waals surface area contributed by atoms with Crippen molar-refractivity contribution in [2.45, 2.75) is 19.4 Å². The molecule has 0 aliphatic carbocycles. The first kappa shape index (κ1) is 16.5. The average Bonchev–Trinajstić information content (AvgIpc) is 2.86. The zero-order valence-electron chi connectivity index (χ0n) is 12.8. The Hall–Kier alpha value is -1.86. The van der Waals surface area contributed by atoms with Gasteiger partial charge in [-0.1, -0.05) is 12.1 Å². The first-order valence-corrected chi connectivity index (χ1v) is 7.77. The summed E-state index contributed by atoms with van der Waals surface area (Å²) < 4.78 is 13.0. The van der Waals surface area contributed by atoms with Gasteiger partial charge in [0.2, 0.25) is 5.91 Å². The van der Waals surface area contributed by atoms with Crippen molar-refractivity contribution in [2.24, 2.45) is 0 Å². The molecule has 0 saturated carbocycles. The maximum atomic E-state index is 13.0. The van der Waals surface area contributed by atoms with Crippen LogP contribution in [-0.2, 0) is 11.2 Å². The van der Waals surface area contributed by atoms with Gasteiger partial charge in [0.25, 0.3) is 0 Å². The minimum Gasteiger partial charge on any atom is -0.354 e. The van der Waals surface area contributed by atoms with E-state index >= 15 is 0 Å². The van der Waals surface area contributed by atoms with Crippen LogP contribution < -0.4 is 5.32 Å². The minimum atomic E-state index is -0.447. The van der Waals surface area contributed by atoms with Crippen molar-refractivity contribution in [3.63, 3.8) is 0 Å². The highest BCUT2D eigenvalue weighted by Gasteiger charge is 2.22. The highest BCUT2D eigenvalue weighted by molar-refractivity contribution is 7.11. The van der Waals surface area contributed by atoms with Gasteiger partial charge < -0.3 is 5.32 Å². The molecule has 0 aliphatic rings. The van der Waals surface area contributed by atoms with E-state index in [0.29, 0.717) is 13.0 Å². The Morgan fingerprint density at radius 2 is 2.00 bits per heavy atom. The van der Waals surface area contributed by atoms with Crippen molar-refractivity contribution < 1.29 is 9.18 Å². The Kier molecular flexibility index (Phi) is 5.57. The summed E-state index contributed by atoms with van der Waals surface area (Å²) in [6.07, 6.45) is 0.654. The Labute approximate surface area is 133 Å². The molecule has 1 amide bonds. The molecule has 7 heteroatoms. The number of likely N-dealkylation sites (N-methyl/N-ethyl adjacent to an activating group) is 1. The lowest BCUT2D eigenvalue weighted by atomic mass is 10.1. The molecule has 0 bridgehead atoms. The summed E-state index contributed by atoms with van der Waals surface area (Å²) >= 11 is 1.53. The van der Waals surface area contributed by atoms with Crippen LogP contribution in [0, 0.1) is 12.7 Å². The van der Waals surface area contributed by atoms with E-state index in [1.54, 1.807) is 17.0 Å². The summed E-state index contributed by atoms with van der Waals surface area (Å²) in [6.45, 7) is 2.40. The second-order valence-corrected chi connectivity index (χ2v) is 6.44. The van der Waals surface area contributed by atoms with Crippen molar-refractivity contribution in [3.05, 3.63) is 45.7 Å². The lowest BCUT2D eigenvalue weighted by molar-refractivity contribution is -0.125. The zero-order valence-corrected chi connectivity index (χ0v) is 13.7. The molecule has 5 nitrogen and oxygen atoms in total. The SMILES string of the molecule is Cc1nnc(CCNC(=O)C(c2ccc(F)cc2)N(C)C)s1. The van der Waals surface area contributed by atoms with E-state index in [4.69, 9.17) is 0 Å². The van der Waals surface area contributed by atoms with Crippen LogP contribution in [0.4, 0.5) is 4.39 Å². The van der Waals surface area contributed by atoms with E-state index in [1.807, 2.05) is 21.0 Å². The van der Waals surface area contributed by atoms with Gasteiger partial charge in [-0.3, -0.25) is 9.69 Å². The normalized spacial score (nSPS) is 12.4.